The normalized spacial score (nSPS) is 10.4. The van der Waals surface area contributed by atoms with Crippen molar-refractivity contribution < 1.29 is 13.3 Å². The summed E-state index contributed by atoms with van der Waals surface area (Å²) in [6.45, 7) is 8.77. The molecule has 2 rings (SSSR count). The van der Waals surface area contributed by atoms with Crippen molar-refractivity contribution in [3.63, 3.8) is 0 Å². The zero-order valence-electron chi connectivity index (χ0n) is 13.6. The maximum Gasteiger partial charge on any atom is 0.160 e. The van der Waals surface area contributed by atoms with Crippen molar-refractivity contribution in [1.29, 1.82) is 0 Å². The highest BCUT2D eigenvalue weighted by atomic mass is 19.2. The van der Waals surface area contributed by atoms with Crippen molar-refractivity contribution in [3.8, 4) is 0 Å². The fraction of sp³-hybridized carbons (Fsp3) is 0.500. The van der Waals surface area contributed by atoms with E-state index in [1.54, 1.807) is 0 Å². The SMILES string of the molecule is CC.CC.C[N+](C)(C)Cc1c[nH]c2cc(F)c(F)cc12. The fourth-order valence-electron chi connectivity index (χ4n) is 1.82. The second-order valence-electron chi connectivity index (χ2n) is 5.07. The monoisotopic (exact) mass is 285 g/mol. The van der Waals surface area contributed by atoms with Crippen LogP contribution < -0.4 is 0 Å². The van der Waals surface area contributed by atoms with E-state index in [1.807, 2.05) is 33.9 Å². The predicted molar refractivity (Wildman–Crippen MR) is 82.6 cm³/mol. The molecule has 20 heavy (non-hydrogen) atoms. The van der Waals surface area contributed by atoms with Crippen LogP contribution in [-0.2, 0) is 6.54 Å². The molecule has 1 N–H and O–H groups in total. The number of halogens is 2. The molecule has 0 unspecified atom stereocenters. The summed E-state index contributed by atoms with van der Waals surface area (Å²) in [7, 11) is 6.16. The van der Waals surface area contributed by atoms with Gasteiger partial charge in [-0.2, -0.15) is 0 Å². The van der Waals surface area contributed by atoms with Gasteiger partial charge < -0.3 is 9.47 Å². The molecule has 0 spiro atoms. The second kappa shape index (κ2) is 8.00. The average Bonchev–Trinajstić information content (AvgIpc) is 2.76. The molecule has 0 bridgehead atoms. The summed E-state index contributed by atoms with van der Waals surface area (Å²) < 4.78 is 26.9. The van der Waals surface area contributed by atoms with Crippen LogP contribution in [0.1, 0.15) is 33.3 Å². The van der Waals surface area contributed by atoms with E-state index < -0.39 is 11.6 Å². The van der Waals surface area contributed by atoms with Crippen LogP contribution >= 0.6 is 0 Å². The van der Waals surface area contributed by atoms with Crippen LogP contribution in [0.3, 0.4) is 0 Å². The zero-order chi connectivity index (χ0) is 15.9. The lowest BCUT2D eigenvalue weighted by Gasteiger charge is -2.23. The van der Waals surface area contributed by atoms with Gasteiger partial charge in [0.25, 0.3) is 0 Å². The molecule has 1 aromatic carbocycles. The van der Waals surface area contributed by atoms with Crippen LogP contribution in [0.15, 0.2) is 18.3 Å². The topological polar surface area (TPSA) is 15.8 Å². The molecule has 0 atom stereocenters. The highest BCUT2D eigenvalue weighted by Gasteiger charge is 2.14. The van der Waals surface area contributed by atoms with Gasteiger partial charge in [0, 0.05) is 28.7 Å². The van der Waals surface area contributed by atoms with Gasteiger partial charge in [-0.25, -0.2) is 8.78 Å². The van der Waals surface area contributed by atoms with E-state index >= 15 is 0 Å². The van der Waals surface area contributed by atoms with Gasteiger partial charge in [0.1, 0.15) is 6.54 Å². The summed E-state index contributed by atoms with van der Waals surface area (Å²) in [5.41, 5.74) is 1.64. The summed E-state index contributed by atoms with van der Waals surface area (Å²) >= 11 is 0. The molecule has 0 fully saturated rings. The lowest BCUT2D eigenvalue weighted by atomic mass is 10.1. The maximum atomic E-state index is 13.1. The second-order valence-corrected chi connectivity index (χ2v) is 5.07. The predicted octanol–water partition coefficient (Wildman–Crippen LogP) is 4.70. The molecule has 1 aromatic heterocycles. The number of H-pyrrole nitrogens is 1. The molecule has 114 valence electrons. The number of nitrogens with zero attached hydrogens (tertiary/aromatic N) is 1. The largest absolute Gasteiger partial charge is 0.361 e. The lowest BCUT2D eigenvalue weighted by molar-refractivity contribution is -0.883. The van der Waals surface area contributed by atoms with E-state index in [4.69, 9.17) is 0 Å². The molecule has 4 heteroatoms. The Kier molecular flexibility index (Phi) is 7.43. The summed E-state index contributed by atoms with van der Waals surface area (Å²) in [4.78, 5) is 2.96. The van der Waals surface area contributed by atoms with E-state index in [0.29, 0.717) is 5.52 Å². The minimum atomic E-state index is -0.814. The molecule has 0 radical (unpaired) electrons. The third kappa shape index (κ3) is 4.93. The van der Waals surface area contributed by atoms with Gasteiger partial charge in [0.2, 0.25) is 0 Å². The molecule has 0 amide bonds. The van der Waals surface area contributed by atoms with Gasteiger partial charge in [-0.05, 0) is 6.07 Å². The molecule has 0 aliphatic heterocycles. The number of hydrogen-bond acceptors (Lipinski definition) is 0. The highest BCUT2D eigenvalue weighted by Crippen LogP contribution is 2.23. The summed E-state index contributed by atoms with van der Waals surface area (Å²) in [6, 6.07) is 2.45. The number of benzene rings is 1. The first-order chi connectivity index (χ1) is 9.37. The summed E-state index contributed by atoms with van der Waals surface area (Å²) in [5.74, 6) is -1.61. The Morgan fingerprint density at radius 1 is 0.950 bits per heavy atom. The lowest BCUT2D eigenvalue weighted by Crippen LogP contribution is -2.33. The summed E-state index contributed by atoms with van der Waals surface area (Å²) in [6.07, 6.45) is 1.81. The Balaban J connectivity index is 0.000000829. The van der Waals surface area contributed by atoms with Gasteiger partial charge in [0.05, 0.1) is 21.1 Å². The van der Waals surface area contributed by atoms with Gasteiger partial charge in [0.15, 0.2) is 11.6 Å². The molecule has 1 heterocycles. The Morgan fingerprint density at radius 3 is 1.95 bits per heavy atom. The molecule has 2 nitrogen and oxygen atoms in total. The Hall–Kier alpha value is -1.42. The Morgan fingerprint density at radius 2 is 1.45 bits per heavy atom. The minimum absolute atomic E-state index is 0.641. The summed E-state index contributed by atoms with van der Waals surface area (Å²) in [5, 5.41) is 0.756. The van der Waals surface area contributed by atoms with Crippen molar-refractivity contribution in [1.82, 2.24) is 4.98 Å². The van der Waals surface area contributed by atoms with Crippen molar-refractivity contribution in [2.45, 2.75) is 34.2 Å². The Labute approximate surface area is 121 Å². The third-order valence-electron chi connectivity index (χ3n) is 2.45. The van der Waals surface area contributed by atoms with E-state index in [9.17, 15) is 8.78 Å². The number of hydrogen-bond donors (Lipinski definition) is 1. The van der Waals surface area contributed by atoms with Gasteiger partial charge >= 0.3 is 0 Å². The van der Waals surface area contributed by atoms with Crippen LogP contribution in [0.25, 0.3) is 10.9 Å². The third-order valence-corrected chi connectivity index (χ3v) is 2.45. The van der Waals surface area contributed by atoms with Crippen molar-refractivity contribution in [2.24, 2.45) is 0 Å². The van der Waals surface area contributed by atoms with Crippen LogP contribution in [-0.4, -0.2) is 30.6 Å². The first-order valence-corrected chi connectivity index (χ1v) is 7.12. The van der Waals surface area contributed by atoms with Crippen LogP contribution in [0.5, 0.6) is 0 Å². The standard InChI is InChI=1S/C12H15F2N2.2C2H6/c1-16(2,3)7-8-6-15-12-5-11(14)10(13)4-9(8)12;2*1-2/h4-6,15H,7H2,1-3H3;2*1-2H3/q+1;;. The number of nitrogens with one attached hydrogen (secondary N) is 1. The molecular weight excluding hydrogens is 258 g/mol. The fourth-order valence-corrected chi connectivity index (χ4v) is 1.82. The van der Waals surface area contributed by atoms with E-state index in [1.165, 1.54) is 12.1 Å². The number of fused-ring (bicyclic) bond motifs is 1. The first kappa shape index (κ1) is 18.6. The highest BCUT2D eigenvalue weighted by molar-refractivity contribution is 5.83. The maximum absolute atomic E-state index is 13.1. The van der Waals surface area contributed by atoms with Crippen molar-refractivity contribution >= 4 is 10.9 Å². The number of quaternary nitrogens is 1. The quantitative estimate of drug-likeness (QED) is 0.769. The molecule has 2 aromatic rings. The number of rotatable bonds is 2. The smallest absolute Gasteiger partial charge is 0.160 e. The number of aromatic nitrogens is 1. The average molecular weight is 285 g/mol. The Bertz CT molecular complexity index is 525. The van der Waals surface area contributed by atoms with E-state index in [0.717, 1.165) is 22.0 Å². The van der Waals surface area contributed by atoms with E-state index in [-0.39, 0.29) is 0 Å². The van der Waals surface area contributed by atoms with Crippen molar-refractivity contribution in [3.05, 3.63) is 35.5 Å². The van der Waals surface area contributed by atoms with Crippen LogP contribution in [0.2, 0.25) is 0 Å². The van der Waals surface area contributed by atoms with Gasteiger partial charge in [-0.3, -0.25) is 0 Å². The minimum Gasteiger partial charge on any atom is -0.361 e. The van der Waals surface area contributed by atoms with E-state index in [2.05, 4.69) is 26.1 Å². The molecular formula is C16H27F2N2+. The molecule has 0 saturated carbocycles. The molecule has 0 aliphatic rings. The van der Waals surface area contributed by atoms with Crippen LogP contribution in [0.4, 0.5) is 8.78 Å². The zero-order valence-corrected chi connectivity index (χ0v) is 13.6. The first-order valence-electron chi connectivity index (χ1n) is 7.12. The molecule has 0 saturated heterocycles. The van der Waals surface area contributed by atoms with Gasteiger partial charge in [-0.15, -0.1) is 0 Å². The van der Waals surface area contributed by atoms with Crippen molar-refractivity contribution in [2.75, 3.05) is 21.1 Å². The molecule has 0 aliphatic carbocycles. The number of aromatic amines is 1. The van der Waals surface area contributed by atoms with Gasteiger partial charge in [-0.1, -0.05) is 27.7 Å². The van der Waals surface area contributed by atoms with Crippen LogP contribution in [0, 0.1) is 11.6 Å².